The maximum atomic E-state index is 13.0. The Bertz CT molecular complexity index is 1190. The van der Waals surface area contributed by atoms with Crippen molar-refractivity contribution in [3.05, 3.63) is 87.0 Å². The van der Waals surface area contributed by atoms with Gasteiger partial charge < -0.3 is 0 Å². The maximum absolute atomic E-state index is 13.0. The van der Waals surface area contributed by atoms with Crippen molar-refractivity contribution >= 4 is 50.7 Å². The van der Waals surface area contributed by atoms with Crippen LogP contribution in [0.1, 0.15) is 10.4 Å². The normalized spacial score (nSPS) is 11.0. The van der Waals surface area contributed by atoms with Crippen molar-refractivity contribution < 1.29 is 4.79 Å². The SMILES string of the molecule is O=C(CSc1nc2sccc2c(=O)n1-c1ccccc1)c1ccccc1Cl. The number of thiophene rings is 1. The lowest BCUT2D eigenvalue weighted by atomic mass is 10.1. The zero-order valence-corrected chi connectivity index (χ0v) is 16.4. The second-order valence-electron chi connectivity index (χ2n) is 5.70. The van der Waals surface area contributed by atoms with Gasteiger partial charge in [-0.3, -0.25) is 14.2 Å². The lowest BCUT2D eigenvalue weighted by Crippen LogP contribution is -2.21. The Morgan fingerprint density at radius 3 is 2.59 bits per heavy atom. The number of hydrogen-bond acceptors (Lipinski definition) is 5. The maximum Gasteiger partial charge on any atom is 0.267 e. The van der Waals surface area contributed by atoms with E-state index in [4.69, 9.17) is 11.6 Å². The number of para-hydroxylation sites is 1. The predicted octanol–water partition coefficient (Wildman–Crippen LogP) is 5.08. The van der Waals surface area contributed by atoms with Crippen LogP contribution in [-0.2, 0) is 0 Å². The van der Waals surface area contributed by atoms with Gasteiger partial charge in [0.2, 0.25) is 0 Å². The fourth-order valence-corrected chi connectivity index (χ4v) is 4.63. The lowest BCUT2D eigenvalue weighted by molar-refractivity contribution is 0.102. The molecule has 0 saturated carbocycles. The molecular weight excluding hydrogens is 400 g/mol. The van der Waals surface area contributed by atoms with Gasteiger partial charge in [-0.15, -0.1) is 11.3 Å². The minimum atomic E-state index is -0.139. The molecule has 0 spiro atoms. The first kappa shape index (κ1) is 18.0. The molecule has 2 heterocycles. The van der Waals surface area contributed by atoms with E-state index in [9.17, 15) is 9.59 Å². The second-order valence-corrected chi connectivity index (χ2v) is 7.95. The molecule has 134 valence electrons. The Balaban J connectivity index is 1.74. The molecule has 4 aromatic rings. The summed E-state index contributed by atoms with van der Waals surface area (Å²) in [7, 11) is 0. The van der Waals surface area contributed by atoms with Gasteiger partial charge in [-0.25, -0.2) is 4.98 Å². The van der Waals surface area contributed by atoms with Gasteiger partial charge in [0.25, 0.3) is 5.56 Å². The number of aromatic nitrogens is 2. The second kappa shape index (κ2) is 7.68. The molecule has 0 N–H and O–H groups in total. The average molecular weight is 413 g/mol. The summed E-state index contributed by atoms with van der Waals surface area (Å²) in [6.07, 6.45) is 0. The van der Waals surface area contributed by atoms with Gasteiger partial charge in [0.05, 0.1) is 21.8 Å². The first-order chi connectivity index (χ1) is 13.1. The average Bonchev–Trinajstić information content (AvgIpc) is 3.16. The third kappa shape index (κ3) is 3.56. The summed E-state index contributed by atoms with van der Waals surface area (Å²) in [5.41, 5.74) is 1.05. The summed E-state index contributed by atoms with van der Waals surface area (Å²) in [5, 5.41) is 3.33. The molecule has 0 atom stereocenters. The van der Waals surface area contributed by atoms with Gasteiger partial charge in [-0.1, -0.05) is 53.7 Å². The van der Waals surface area contributed by atoms with Gasteiger partial charge in [0.15, 0.2) is 10.9 Å². The fraction of sp³-hybridized carbons (Fsp3) is 0.0500. The van der Waals surface area contributed by atoms with Crippen LogP contribution in [0.5, 0.6) is 0 Å². The van der Waals surface area contributed by atoms with Crippen LogP contribution in [0, 0.1) is 0 Å². The van der Waals surface area contributed by atoms with E-state index in [-0.39, 0.29) is 17.1 Å². The zero-order valence-electron chi connectivity index (χ0n) is 14.0. The van der Waals surface area contributed by atoms with Gasteiger partial charge in [0.1, 0.15) is 4.83 Å². The third-order valence-electron chi connectivity index (χ3n) is 3.99. The van der Waals surface area contributed by atoms with Crippen LogP contribution in [0.15, 0.2) is 76.0 Å². The highest BCUT2D eigenvalue weighted by Gasteiger charge is 2.17. The summed E-state index contributed by atoms with van der Waals surface area (Å²) < 4.78 is 1.56. The molecule has 0 saturated heterocycles. The Morgan fingerprint density at radius 2 is 1.81 bits per heavy atom. The molecule has 2 aromatic carbocycles. The number of fused-ring (bicyclic) bond motifs is 1. The molecule has 7 heteroatoms. The molecular formula is C20H13ClN2O2S2. The molecule has 0 fully saturated rings. The fourth-order valence-electron chi connectivity index (χ4n) is 2.69. The number of hydrogen-bond donors (Lipinski definition) is 0. The van der Waals surface area contributed by atoms with Crippen LogP contribution in [0.2, 0.25) is 5.02 Å². The number of halogens is 1. The minimum Gasteiger partial charge on any atom is -0.293 e. The smallest absolute Gasteiger partial charge is 0.267 e. The van der Waals surface area contributed by atoms with Crippen molar-refractivity contribution in [2.45, 2.75) is 5.16 Å². The van der Waals surface area contributed by atoms with Crippen molar-refractivity contribution in [2.24, 2.45) is 0 Å². The van der Waals surface area contributed by atoms with Crippen LogP contribution >= 0.6 is 34.7 Å². The zero-order chi connectivity index (χ0) is 18.8. The van der Waals surface area contributed by atoms with Gasteiger partial charge in [-0.05, 0) is 35.7 Å². The number of rotatable bonds is 5. The Labute approximate surface area is 168 Å². The van der Waals surface area contributed by atoms with Crippen LogP contribution in [-0.4, -0.2) is 21.1 Å². The Hall–Kier alpha value is -2.41. The van der Waals surface area contributed by atoms with E-state index >= 15 is 0 Å². The molecule has 0 bridgehead atoms. The molecule has 0 unspecified atom stereocenters. The van der Waals surface area contributed by atoms with E-state index in [2.05, 4.69) is 4.98 Å². The van der Waals surface area contributed by atoms with Crippen molar-refractivity contribution in [1.82, 2.24) is 9.55 Å². The number of carbonyl (C=O) groups excluding carboxylic acids is 1. The Morgan fingerprint density at radius 1 is 1.07 bits per heavy atom. The van der Waals surface area contributed by atoms with Crippen molar-refractivity contribution in [2.75, 3.05) is 5.75 Å². The molecule has 4 rings (SSSR count). The highest BCUT2D eigenvalue weighted by molar-refractivity contribution is 7.99. The number of ketones is 1. The first-order valence-electron chi connectivity index (χ1n) is 8.11. The quantitative estimate of drug-likeness (QED) is 0.261. The number of nitrogens with zero attached hydrogens (tertiary/aromatic N) is 2. The summed E-state index contributed by atoms with van der Waals surface area (Å²) in [6, 6.07) is 18.0. The summed E-state index contributed by atoms with van der Waals surface area (Å²) in [4.78, 5) is 30.8. The largest absolute Gasteiger partial charge is 0.293 e. The highest BCUT2D eigenvalue weighted by atomic mass is 35.5. The van der Waals surface area contributed by atoms with Crippen LogP contribution < -0.4 is 5.56 Å². The Kier molecular flexibility index (Phi) is 5.11. The monoisotopic (exact) mass is 412 g/mol. The number of thioether (sulfide) groups is 1. The van der Waals surface area contributed by atoms with Crippen molar-refractivity contribution in [1.29, 1.82) is 0 Å². The van der Waals surface area contributed by atoms with Crippen LogP contribution in [0.3, 0.4) is 0 Å². The van der Waals surface area contributed by atoms with Crippen molar-refractivity contribution in [3.63, 3.8) is 0 Å². The molecule has 0 amide bonds. The number of carbonyl (C=O) groups is 1. The number of benzene rings is 2. The van der Waals surface area contributed by atoms with Gasteiger partial charge in [0, 0.05) is 5.56 Å². The van der Waals surface area contributed by atoms with E-state index in [0.717, 1.165) is 5.69 Å². The summed E-state index contributed by atoms with van der Waals surface area (Å²) in [5.74, 6) is 0.0330. The van der Waals surface area contributed by atoms with E-state index in [0.29, 0.717) is 26.0 Å². The van der Waals surface area contributed by atoms with Gasteiger partial charge in [-0.2, -0.15) is 0 Å². The van der Waals surface area contributed by atoms with E-state index in [1.54, 1.807) is 34.9 Å². The van der Waals surface area contributed by atoms with E-state index in [1.807, 2.05) is 35.7 Å². The van der Waals surface area contributed by atoms with Crippen LogP contribution in [0.25, 0.3) is 15.9 Å². The van der Waals surface area contributed by atoms with E-state index in [1.165, 1.54) is 23.1 Å². The standard InChI is InChI=1S/C20H13ClN2O2S2/c21-16-9-5-4-8-14(16)17(24)12-27-20-22-18-15(10-11-26-18)19(25)23(20)13-6-2-1-3-7-13/h1-11H,12H2. The topological polar surface area (TPSA) is 52.0 Å². The molecule has 4 nitrogen and oxygen atoms in total. The van der Waals surface area contributed by atoms with Crippen molar-refractivity contribution in [3.8, 4) is 5.69 Å². The molecule has 2 aromatic heterocycles. The van der Waals surface area contributed by atoms with Gasteiger partial charge >= 0.3 is 0 Å². The third-order valence-corrected chi connectivity index (χ3v) is 6.06. The minimum absolute atomic E-state index is 0.106. The lowest BCUT2D eigenvalue weighted by Gasteiger charge is -2.12. The predicted molar refractivity (Wildman–Crippen MR) is 112 cm³/mol. The molecule has 0 aliphatic rings. The number of Topliss-reactive ketones (excluding diaryl/α,β-unsaturated/α-hetero) is 1. The highest BCUT2D eigenvalue weighted by Crippen LogP contribution is 2.25. The molecule has 27 heavy (non-hydrogen) atoms. The van der Waals surface area contributed by atoms with Crippen LogP contribution in [0.4, 0.5) is 0 Å². The summed E-state index contributed by atoms with van der Waals surface area (Å²) in [6.45, 7) is 0. The molecule has 0 aliphatic carbocycles. The molecule has 0 aliphatic heterocycles. The summed E-state index contributed by atoms with van der Waals surface area (Å²) >= 11 is 8.76. The van der Waals surface area contributed by atoms with E-state index < -0.39 is 0 Å². The molecule has 0 radical (unpaired) electrons. The first-order valence-corrected chi connectivity index (χ1v) is 10.4.